The molecule has 5 rings (SSSR count). The Morgan fingerprint density at radius 3 is 2.43 bits per heavy atom. The topological polar surface area (TPSA) is 139 Å². The first-order valence-electron chi connectivity index (χ1n) is 16.0. The van der Waals surface area contributed by atoms with Crippen molar-refractivity contribution in [2.75, 3.05) is 36.5 Å². The van der Waals surface area contributed by atoms with Crippen LogP contribution >= 0.6 is 0 Å². The molecule has 10 nitrogen and oxygen atoms in total. The third-order valence-electron chi connectivity index (χ3n) is 8.09. The van der Waals surface area contributed by atoms with E-state index < -0.39 is 6.29 Å². The summed E-state index contributed by atoms with van der Waals surface area (Å²) in [6.45, 7) is 1.52. The Bertz CT molecular complexity index is 1600. The van der Waals surface area contributed by atoms with Crippen molar-refractivity contribution in [1.82, 2.24) is 9.88 Å². The van der Waals surface area contributed by atoms with Gasteiger partial charge in [0, 0.05) is 61.9 Å². The standard InChI is InChI=1S/C37H43N5O5/c1-42(21-19-29-9-4-5-20-39-29)24-31-23-34(27-17-15-26(25-43)16-18-27)47-37(46-31)28-8-6-10-30(22-28)40-35(44)13-7-14-36(45)41-33-12-3-2-11-32(33)38/h2-6,8-12,15-18,20,22,31,34,37,43H,7,13-14,19,21,23-25,38H2,1H3,(H,40,44)(H,41,45)/t31-,34+,37+/m1/s1. The van der Waals surface area contributed by atoms with E-state index in [1.54, 1.807) is 24.3 Å². The lowest BCUT2D eigenvalue weighted by Gasteiger charge is -2.38. The number of carbonyl (C=O) groups excluding carboxylic acids is 2. The highest BCUT2D eigenvalue weighted by Gasteiger charge is 2.33. The number of amides is 2. The second-order valence-corrected chi connectivity index (χ2v) is 11.8. The van der Waals surface area contributed by atoms with Gasteiger partial charge in [-0.05, 0) is 61.0 Å². The zero-order valence-electron chi connectivity index (χ0n) is 26.7. The number of aliphatic hydroxyl groups is 1. The number of benzene rings is 3. The van der Waals surface area contributed by atoms with Crippen LogP contribution in [0.5, 0.6) is 0 Å². The van der Waals surface area contributed by atoms with Crippen molar-refractivity contribution in [1.29, 1.82) is 0 Å². The lowest BCUT2D eigenvalue weighted by molar-refractivity contribution is -0.252. The van der Waals surface area contributed by atoms with Gasteiger partial charge < -0.3 is 35.8 Å². The number of nitrogens with two attached hydrogens (primary N) is 1. The van der Waals surface area contributed by atoms with Crippen molar-refractivity contribution >= 4 is 28.9 Å². The molecule has 4 aromatic rings. The molecule has 47 heavy (non-hydrogen) atoms. The maximum atomic E-state index is 12.8. The van der Waals surface area contributed by atoms with Gasteiger partial charge in [-0.3, -0.25) is 14.6 Å². The molecule has 0 aliphatic carbocycles. The van der Waals surface area contributed by atoms with Crippen molar-refractivity contribution in [3.8, 4) is 0 Å². The van der Waals surface area contributed by atoms with Crippen LogP contribution in [-0.2, 0) is 32.1 Å². The molecule has 1 saturated heterocycles. The average molecular weight is 638 g/mol. The normalized spacial score (nSPS) is 17.7. The summed E-state index contributed by atoms with van der Waals surface area (Å²) < 4.78 is 13.0. The molecule has 3 atom stereocenters. The largest absolute Gasteiger partial charge is 0.397 e. The van der Waals surface area contributed by atoms with E-state index in [2.05, 4.69) is 27.6 Å². The number of nitrogens with one attached hydrogen (secondary N) is 2. The fraction of sp³-hybridized carbons (Fsp3) is 0.324. The van der Waals surface area contributed by atoms with Crippen molar-refractivity contribution in [2.45, 2.75) is 57.2 Å². The molecular formula is C37H43N5O5. The van der Waals surface area contributed by atoms with Crippen molar-refractivity contribution < 1.29 is 24.2 Å². The molecule has 0 radical (unpaired) electrons. The SMILES string of the molecule is CN(CCc1ccccn1)C[C@H]1C[C@@H](c2ccc(CO)cc2)O[C@@H](c2cccc(NC(=O)CCCC(=O)Nc3ccccc3N)c2)O1. The summed E-state index contributed by atoms with van der Waals surface area (Å²) in [5, 5.41) is 15.2. The van der Waals surface area contributed by atoms with E-state index in [1.165, 1.54) is 0 Å². The summed E-state index contributed by atoms with van der Waals surface area (Å²) in [6, 6.07) is 28.3. The van der Waals surface area contributed by atoms with Crippen LogP contribution < -0.4 is 16.4 Å². The fourth-order valence-corrected chi connectivity index (χ4v) is 5.54. The lowest BCUT2D eigenvalue weighted by atomic mass is 9.99. The first-order valence-corrected chi connectivity index (χ1v) is 16.0. The minimum absolute atomic E-state index is 0.0181. The molecule has 2 amide bonds. The Hall–Kier alpha value is -4.61. The van der Waals surface area contributed by atoms with Gasteiger partial charge in [-0.1, -0.05) is 54.6 Å². The molecule has 1 fully saturated rings. The predicted molar refractivity (Wildman–Crippen MR) is 182 cm³/mol. The second-order valence-electron chi connectivity index (χ2n) is 11.8. The average Bonchev–Trinajstić information content (AvgIpc) is 3.09. The predicted octanol–water partition coefficient (Wildman–Crippen LogP) is 5.62. The first-order chi connectivity index (χ1) is 22.9. The molecule has 1 aliphatic rings. The first kappa shape index (κ1) is 33.7. The van der Waals surface area contributed by atoms with Gasteiger partial charge in [0.1, 0.15) is 0 Å². The van der Waals surface area contributed by atoms with E-state index in [1.807, 2.05) is 72.9 Å². The number of carbonyl (C=O) groups is 2. The molecule has 10 heteroatoms. The van der Waals surface area contributed by atoms with Gasteiger partial charge >= 0.3 is 0 Å². The number of anilines is 3. The van der Waals surface area contributed by atoms with E-state index in [-0.39, 0.29) is 43.5 Å². The van der Waals surface area contributed by atoms with Gasteiger partial charge in [-0.25, -0.2) is 0 Å². The van der Waals surface area contributed by atoms with Crippen LogP contribution in [0.2, 0.25) is 0 Å². The number of pyridine rings is 1. The number of likely N-dealkylation sites (N-methyl/N-ethyl adjacent to an activating group) is 1. The van der Waals surface area contributed by atoms with Gasteiger partial charge in [0.25, 0.3) is 0 Å². The number of nitrogens with zero attached hydrogens (tertiary/aromatic N) is 2. The van der Waals surface area contributed by atoms with Crippen molar-refractivity contribution in [3.63, 3.8) is 0 Å². The Morgan fingerprint density at radius 1 is 0.915 bits per heavy atom. The van der Waals surface area contributed by atoms with Crippen LogP contribution in [0.3, 0.4) is 0 Å². The molecule has 0 bridgehead atoms. The van der Waals surface area contributed by atoms with Crippen LogP contribution in [0.1, 0.15) is 60.5 Å². The molecule has 3 aromatic carbocycles. The Kier molecular flexibility index (Phi) is 12.1. The number of aliphatic hydroxyl groups excluding tert-OH is 1. The van der Waals surface area contributed by atoms with Crippen molar-refractivity contribution in [2.24, 2.45) is 0 Å². The molecule has 1 aliphatic heterocycles. The minimum atomic E-state index is -0.647. The van der Waals surface area contributed by atoms with E-state index in [0.717, 1.165) is 35.3 Å². The summed E-state index contributed by atoms with van der Waals surface area (Å²) >= 11 is 0. The zero-order valence-corrected chi connectivity index (χ0v) is 26.7. The van der Waals surface area contributed by atoms with Crippen LogP contribution in [0.15, 0.2) is 97.2 Å². The molecule has 0 spiro atoms. The number of hydrogen-bond donors (Lipinski definition) is 4. The number of para-hydroxylation sites is 2. The summed E-state index contributed by atoms with van der Waals surface area (Å²) in [7, 11) is 2.08. The van der Waals surface area contributed by atoms with E-state index >= 15 is 0 Å². The number of rotatable bonds is 14. The smallest absolute Gasteiger partial charge is 0.224 e. The minimum Gasteiger partial charge on any atom is -0.397 e. The summed E-state index contributed by atoms with van der Waals surface area (Å²) in [5.41, 5.74) is 11.3. The highest BCUT2D eigenvalue weighted by molar-refractivity contribution is 5.94. The van der Waals surface area contributed by atoms with Gasteiger partial charge in [-0.15, -0.1) is 0 Å². The number of nitrogen functional groups attached to an aromatic ring is 1. The van der Waals surface area contributed by atoms with E-state index in [0.29, 0.717) is 36.4 Å². The lowest BCUT2D eigenvalue weighted by Crippen LogP contribution is -2.38. The maximum absolute atomic E-state index is 12.8. The van der Waals surface area contributed by atoms with Crippen LogP contribution in [0, 0.1) is 0 Å². The third-order valence-corrected chi connectivity index (χ3v) is 8.09. The molecular weight excluding hydrogens is 594 g/mol. The zero-order chi connectivity index (χ0) is 33.0. The summed E-state index contributed by atoms with van der Waals surface area (Å²) in [6.07, 6.45) is 3.13. The summed E-state index contributed by atoms with van der Waals surface area (Å²) in [4.78, 5) is 31.8. The number of hydrogen-bond acceptors (Lipinski definition) is 8. The van der Waals surface area contributed by atoms with Crippen molar-refractivity contribution in [3.05, 3.63) is 120 Å². The third kappa shape index (κ3) is 10.2. The van der Waals surface area contributed by atoms with Crippen LogP contribution in [-0.4, -0.2) is 53.0 Å². The molecule has 246 valence electrons. The number of ether oxygens (including phenoxy) is 2. The highest BCUT2D eigenvalue weighted by Crippen LogP contribution is 2.38. The number of aromatic nitrogens is 1. The summed E-state index contributed by atoms with van der Waals surface area (Å²) in [5.74, 6) is -0.379. The maximum Gasteiger partial charge on any atom is 0.224 e. The van der Waals surface area contributed by atoms with Gasteiger partial charge in [0.05, 0.1) is 30.2 Å². The molecule has 0 unspecified atom stereocenters. The highest BCUT2D eigenvalue weighted by atomic mass is 16.7. The van der Waals surface area contributed by atoms with E-state index in [9.17, 15) is 14.7 Å². The molecule has 5 N–H and O–H groups in total. The van der Waals surface area contributed by atoms with E-state index in [4.69, 9.17) is 15.2 Å². The fourth-order valence-electron chi connectivity index (χ4n) is 5.54. The molecule has 2 heterocycles. The van der Waals surface area contributed by atoms with Gasteiger partial charge in [0.2, 0.25) is 11.8 Å². The van der Waals surface area contributed by atoms with Crippen LogP contribution in [0.4, 0.5) is 17.1 Å². The molecule has 1 aromatic heterocycles. The Morgan fingerprint density at radius 2 is 1.68 bits per heavy atom. The quantitative estimate of drug-likeness (QED) is 0.131. The second kappa shape index (κ2) is 16.8. The Labute approximate surface area is 275 Å². The van der Waals surface area contributed by atoms with Gasteiger partial charge in [-0.2, -0.15) is 0 Å². The van der Waals surface area contributed by atoms with Gasteiger partial charge in [0.15, 0.2) is 6.29 Å². The monoisotopic (exact) mass is 637 g/mol. The molecule has 0 saturated carbocycles. The Balaban J connectivity index is 1.19. The van der Waals surface area contributed by atoms with Crippen LogP contribution in [0.25, 0.3) is 0 Å².